The maximum Gasteiger partial charge on any atom is 0.276 e. The SMILES string of the molecule is COc1cccc(C(=O)NNC(=O)COc2cccc(F)c2)c1. The van der Waals surface area contributed by atoms with Crippen LogP contribution in [0.5, 0.6) is 11.5 Å². The van der Waals surface area contributed by atoms with E-state index in [1.807, 2.05) is 0 Å². The van der Waals surface area contributed by atoms with Gasteiger partial charge in [-0.1, -0.05) is 12.1 Å². The molecule has 0 spiro atoms. The van der Waals surface area contributed by atoms with Gasteiger partial charge in [0.2, 0.25) is 0 Å². The molecule has 23 heavy (non-hydrogen) atoms. The summed E-state index contributed by atoms with van der Waals surface area (Å²) in [4.78, 5) is 23.5. The molecule has 0 saturated carbocycles. The van der Waals surface area contributed by atoms with Crippen LogP contribution in [0.15, 0.2) is 48.5 Å². The second kappa shape index (κ2) is 7.79. The molecule has 2 aromatic carbocycles. The average Bonchev–Trinajstić information content (AvgIpc) is 2.58. The van der Waals surface area contributed by atoms with Gasteiger partial charge in [0, 0.05) is 11.6 Å². The largest absolute Gasteiger partial charge is 0.497 e. The highest BCUT2D eigenvalue weighted by Crippen LogP contribution is 2.12. The third-order valence-corrected chi connectivity index (χ3v) is 2.81. The van der Waals surface area contributed by atoms with Crippen molar-refractivity contribution in [2.75, 3.05) is 13.7 Å². The Morgan fingerprint density at radius 2 is 1.78 bits per heavy atom. The Bertz CT molecular complexity index is 706. The minimum Gasteiger partial charge on any atom is -0.497 e. The van der Waals surface area contributed by atoms with E-state index in [1.165, 1.54) is 31.4 Å². The fourth-order valence-corrected chi connectivity index (χ4v) is 1.70. The monoisotopic (exact) mass is 318 g/mol. The van der Waals surface area contributed by atoms with Gasteiger partial charge < -0.3 is 9.47 Å². The lowest BCUT2D eigenvalue weighted by molar-refractivity contribution is -0.123. The highest BCUT2D eigenvalue weighted by molar-refractivity contribution is 5.95. The normalized spacial score (nSPS) is 9.83. The zero-order valence-corrected chi connectivity index (χ0v) is 12.3. The van der Waals surface area contributed by atoms with E-state index in [0.29, 0.717) is 11.3 Å². The molecule has 0 aliphatic rings. The Kier molecular flexibility index (Phi) is 5.51. The van der Waals surface area contributed by atoms with E-state index < -0.39 is 17.6 Å². The molecular formula is C16H15FN2O4. The number of hydrogen-bond acceptors (Lipinski definition) is 4. The highest BCUT2D eigenvalue weighted by atomic mass is 19.1. The number of hydrazine groups is 1. The van der Waals surface area contributed by atoms with Gasteiger partial charge >= 0.3 is 0 Å². The number of amides is 2. The number of ether oxygens (including phenoxy) is 2. The summed E-state index contributed by atoms with van der Waals surface area (Å²) in [6, 6.07) is 11.9. The maximum absolute atomic E-state index is 12.9. The molecule has 2 rings (SSSR count). The number of benzene rings is 2. The van der Waals surface area contributed by atoms with Crippen LogP contribution in [0.1, 0.15) is 10.4 Å². The van der Waals surface area contributed by atoms with Gasteiger partial charge in [-0.2, -0.15) is 0 Å². The van der Waals surface area contributed by atoms with E-state index >= 15 is 0 Å². The van der Waals surface area contributed by atoms with Crippen molar-refractivity contribution >= 4 is 11.8 Å². The standard InChI is InChI=1S/C16H15FN2O4/c1-22-13-6-2-4-11(8-13)16(21)19-18-15(20)10-23-14-7-3-5-12(17)9-14/h2-9H,10H2,1H3,(H,18,20)(H,19,21). The Balaban J connectivity index is 1.80. The number of carbonyl (C=O) groups is 2. The predicted octanol–water partition coefficient (Wildman–Crippen LogP) is 1.67. The van der Waals surface area contributed by atoms with Crippen LogP contribution in [0, 0.1) is 5.82 Å². The topological polar surface area (TPSA) is 76.7 Å². The molecule has 0 aromatic heterocycles. The van der Waals surface area contributed by atoms with Crippen molar-refractivity contribution in [3.05, 3.63) is 59.9 Å². The Labute approximate surface area is 132 Å². The predicted molar refractivity (Wildman–Crippen MR) is 80.5 cm³/mol. The lowest BCUT2D eigenvalue weighted by Crippen LogP contribution is -2.43. The first-order valence-corrected chi connectivity index (χ1v) is 6.70. The molecule has 0 bridgehead atoms. The first-order chi connectivity index (χ1) is 11.1. The minimum absolute atomic E-state index is 0.222. The number of nitrogens with one attached hydrogen (secondary N) is 2. The molecule has 6 nitrogen and oxygen atoms in total. The van der Waals surface area contributed by atoms with Crippen LogP contribution >= 0.6 is 0 Å². The molecule has 2 amide bonds. The summed E-state index contributed by atoms with van der Waals surface area (Å²) < 4.78 is 23.1. The Morgan fingerprint density at radius 3 is 2.52 bits per heavy atom. The van der Waals surface area contributed by atoms with Crippen molar-refractivity contribution in [3.8, 4) is 11.5 Å². The summed E-state index contributed by atoms with van der Waals surface area (Å²) in [5, 5.41) is 0. The number of carbonyl (C=O) groups excluding carboxylic acids is 2. The van der Waals surface area contributed by atoms with E-state index in [0.717, 1.165) is 6.07 Å². The van der Waals surface area contributed by atoms with Gasteiger partial charge in [-0.3, -0.25) is 20.4 Å². The smallest absolute Gasteiger partial charge is 0.276 e. The molecule has 2 N–H and O–H groups in total. The van der Waals surface area contributed by atoms with Crippen LogP contribution in [0.2, 0.25) is 0 Å². The number of hydrogen-bond donors (Lipinski definition) is 2. The van der Waals surface area contributed by atoms with Gasteiger partial charge in [0.25, 0.3) is 11.8 Å². The van der Waals surface area contributed by atoms with Crippen LogP contribution in [0.4, 0.5) is 4.39 Å². The summed E-state index contributed by atoms with van der Waals surface area (Å²) in [5.41, 5.74) is 4.78. The zero-order chi connectivity index (χ0) is 16.7. The minimum atomic E-state index is -0.578. The first-order valence-electron chi connectivity index (χ1n) is 6.70. The van der Waals surface area contributed by atoms with Crippen molar-refractivity contribution in [1.82, 2.24) is 10.9 Å². The van der Waals surface area contributed by atoms with Crippen molar-refractivity contribution in [2.24, 2.45) is 0 Å². The molecular weight excluding hydrogens is 303 g/mol. The van der Waals surface area contributed by atoms with Crippen LogP contribution in [-0.2, 0) is 4.79 Å². The summed E-state index contributed by atoms with van der Waals surface area (Å²) in [7, 11) is 1.49. The van der Waals surface area contributed by atoms with Gasteiger partial charge in [0.05, 0.1) is 7.11 Å². The van der Waals surface area contributed by atoms with Gasteiger partial charge in [-0.15, -0.1) is 0 Å². The van der Waals surface area contributed by atoms with E-state index in [1.54, 1.807) is 18.2 Å². The molecule has 0 unspecified atom stereocenters. The van der Waals surface area contributed by atoms with Crippen molar-refractivity contribution < 1.29 is 23.5 Å². The third kappa shape index (κ3) is 4.99. The van der Waals surface area contributed by atoms with Gasteiger partial charge in [-0.25, -0.2) is 4.39 Å². The van der Waals surface area contributed by atoms with E-state index in [4.69, 9.17) is 9.47 Å². The quantitative estimate of drug-likeness (QED) is 0.822. The molecule has 120 valence electrons. The molecule has 0 aliphatic carbocycles. The molecule has 0 atom stereocenters. The summed E-state index contributed by atoms with van der Waals surface area (Å²) >= 11 is 0. The number of halogens is 1. The lowest BCUT2D eigenvalue weighted by atomic mass is 10.2. The summed E-state index contributed by atoms with van der Waals surface area (Å²) in [5.74, 6) is -0.791. The van der Waals surface area contributed by atoms with Crippen molar-refractivity contribution in [2.45, 2.75) is 0 Å². The van der Waals surface area contributed by atoms with E-state index in [-0.39, 0.29) is 12.4 Å². The second-order valence-corrected chi connectivity index (χ2v) is 4.48. The molecule has 7 heteroatoms. The Morgan fingerprint density at radius 1 is 1.04 bits per heavy atom. The summed E-state index contributed by atoms with van der Waals surface area (Å²) in [6.07, 6.45) is 0. The van der Waals surface area contributed by atoms with Crippen LogP contribution in [-0.4, -0.2) is 25.5 Å². The fourth-order valence-electron chi connectivity index (χ4n) is 1.70. The molecule has 0 saturated heterocycles. The molecule has 2 aromatic rings. The third-order valence-electron chi connectivity index (χ3n) is 2.81. The number of rotatable bonds is 5. The molecule has 0 radical (unpaired) electrons. The van der Waals surface area contributed by atoms with E-state index in [9.17, 15) is 14.0 Å². The summed E-state index contributed by atoms with van der Waals surface area (Å²) in [6.45, 7) is -0.359. The Hall–Kier alpha value is -3.09. The van der Waals surface area contributed by atoms with E-state index in [2.05, 4.69) is 10.9 Å². The molecule has 0 fully saturated rings. The second-order valence-electron chi connectivity index (χ2n) is 4.48. The van der Waals surface area contributed by atoms with Gasteiger partial charge in [0.15, 0.2) is 6.61 Å². The van der Waals surface area contributed by atoms with Crippen molar-refractivity contribution in [3.63, 3.8) is 0 Å². The van der Waals surface area contributed by atoms with Crippen LogP contribution < -0.4 is 20.3 Å². The lowest BCUT2D eigenvalue weighted by Gasteiger charge is -2.09. The van der Waals surface area contributed by atoms with Crippen LogP contribution in [0.3, 0.4) is 0 Å². The number of methoxy groups -OCH3 is 1. The maximum atomic E-state index is 12.9. The average molecular weight is 318 g/mol. The molecule has 0 aliphatic heterocycles. The van der Waals surface area contributed by atoms with Gasteiger partial charge in [-0.05, 0) is 30.3 Å². The fraction of sp³-hybridized carbons (Fsp3) is 0.125. The van der Waals surface area contributed by atoms with Gasteiger partial charge in [0.1, 0.15) is 17.3 Å². The van der Waals surface area contributed by atoms with Crippen molar-refractivity contribution in [1.29, 1.82) is 0 Å². The first kappa shape index (κ1) is 16.3. The zero-order valence-electron chi connectivity index (χ0n) is 12.3. The van der Waals surface area contributed by atoms with Crippen LogP contribution in [0.25, 0.3) is 0 Å². The molecule has 0 heterocycles. The highest BCUT2D eigenvalue weighted by Gasteiger charge is 2.09.